The Morgan fingerprint density at radius 1 is 0.830 bits per heavy atom. The van der Waals surface area contributed by atoms with Crippen LogP contribution in [-0.4, -0.2) is 66.9 Å². The lowest BCUT2D eigenvalue weighted by Crippen LogP contribution is -2.36. The highest BCUT2D eigenvalue weighted by atomic mass is 35.6. The fourth-order valence-corrected chi connectivity index (χ4v) is 5.97. The smallest absolute Gasteiger partial charge is 0.306 e. The van der Waals surface area contributed by atoms with E-state index in [2.05, 4.69) is 0 Å². The molecule has 0 aromatic heterocycles. The number of nitrogens with zero attached hydrogens (tertiary/aromatic N) is 1. The molecule has 0 aliphatic carbocycles. The Kier molecular flexibility index (Phi) is 12.3. The summed E-state index contributed by atoms with van der Waals surface area (Å²) in [6.45, 7) is 3.93. The van der Waals surface area contributed by atoms with Crippen molar-refractivity contribution in [3.05, 3.63) is 59.1 Å². The zero-order chi connectivity index (χ0) is 35.5. The van der Waals surface area contributed by atoms with Crippen molar-refractivity contribution in [3.63, 3.8) is 0 Å². The predicted molar refractivity (Wildman–Crippen MR) is 185 cm³/mol. The van der Waals surface area contributed by atoms with Gasteiger partial charge in [0.2, 0.25) is 0 Å². The Hall–Kier alpha value is -3.07. The van der Waals surface area contributed by atoms with Crippen LogP contribution in [0.2, 0.25) is 5.02 Å². The zero-order valence-electron chi connectivity index (χ0n) is 26.2. The first kappa shape index (κ1) is 38.4. The highest BCUT2D eigenvalue weighted by molar-refractivity contribution is 7.86. The van der Waals surface area contributed by atoms with Gasteiger partial charge in [-0.1, -0.05) is 70.2 Å². The molecule has 0 fully saturated rings. The number of amides is 1. The van der Waals surface area contributed by atoms with Crippen molar-refractivity contribution in [1.82, 2.24) is 0 Å². The maximum Gasteiger partial charge on any atom is 0.306 e. The average Bonchev–Trinajstić information content (AvgIpc) is 2.95. The quantitative estimate of drug-likeness (QED) is 0.107. The lowest BCUT2D eigenvalue weighted by Gasteiger charge is -2.26. The minimum Gasteiger partial charge on any atom is -0.494 e. The van der Waals surface area contributed by atoms with Crippen molar-refractivity contribution in [2.45, 2.75) is 17.6 Å². The summed E-state index contributed by atoms with van der Waals surface area (Å²) in [6, 6.07) is 10.3. The highest BCUT2D eigenvalue weighted by Crippen LogP contribution is 2.56. The van der Waals surface area contributed by atoms with Crippen molar-refractivity contribution in [1.29, 1.82) is 0 Å². The minimum atomic E-state index is -4.21. The minimum absolute atomic E-state index is 0.0202. The molecule has 0 saturated carbocycles. The molecule has 3 aromatic rings. The van der Waals surface area contributed by atoms with E-state index < -0.39 is 29.9 Å². The summed E-state index contributed by atoms with van der Waals surface area (Å²) in [4.78, 5) is 14.1. The monoisotopic (exact) mass is 769 g/mol. The van der Waals surface area contributed by atoms with Gasteiger partial charge in [-0.05, 0) is 55.3 Å². The van der Waals surface area contributed by atoms with Crippen LogP contribution in [0.3, 0.4) is 0 Å². The molecule has 0 bridgehead atoms. The molecule has 0 N–H and O–H groups in total. The molecule has 17 heteroatoms. The molecular weight excluding hydrogens is 740 g/mol. The van der Waals surface area contributed by atoms with Gasteiger partial charge in [0.25, 0.3) is 9.70 Å². The predicted octanol–water partition coefficient (Wildman–Crippen LogP) is 7.05. The first-order valence-corrected chi connectivity index (χ1v) is 18.4. The van der Waals surface area contributed by atoms with Gasteiger partial charge in [-0.3, -0.25) is 4.79 Å². The van der Waals surface area contributed by atoms with Gasteiger partial charge in [-0.25, -0.2) is 0 Å². The number of allylic oxidation sites excluding steroid dienone is 1. The summed E-state index contributed by atoms with van der Waals surface area (Å²) in [5.41, 5.74) is 1.94. The van der Waals surface area contributed by atoms with Gasteiger partial charge in [0.05, 0.1) is 48.6 Å². The van der Waals surface area contributed by atoms with E-state index in [4.69, 9.17) is 69.0 Å². The number of carbonyl (C=O) groups is 1. The van der Waals surface area contributed by atoms with Crippen molar-refractivity contribution in [2.24, 2.45) is 0 Å². The lowest BCUT2D eigenvalue weighted by atomic mass is 9.95. The summed E-state index contributed by atoms with van der Waals surface area (Å²) in [5.74, 6) is -1.09. The van der Waals surface area contributed by atoms with Gasteiger partial charge >= 0.3 is 20.2 Å². The van der Waals surface area contributed by atoms with Crippen LogP contribution >= 0.6 is 46.4 Å². The number of methoxy groups -OCH3 is 2. The number of ether oxygens (including phenoxy) is 3. The molecule has 0 unspecified atom stereocenters. The van der Waals surface area contributed by atoms with E-state index in [0.29, 0.717) is 5.56 Å². The van der Waals surface area contributed by atoms with E-state index in [1.165, 1.54) is 57.7 Å². The highest BCUT2D eigenvalue weighted by Gasteiger charge is 2.36. The summed E-state index contributed by atoms with van der Waals surface area (Å²) in [7, 11) is -4.05. The molecule has 0 heterocycles. The molecule has 0 aliphatic rings. The van der Waals surface area contributed by atoms with Gasteiger partial charge in [0.1, 0.15) is 23.9 Å². The number of hydrogen-bond donors (Lipinski definition) is 0. The number of alkyl halides is 3. The molecule has 1 amide bonds. The fourth-order valence-electron chi connectivity index (χ4n) is 4.30. The first-order valence-electron chi connectivity index (χ1n) is 13.3. The number of benzene rings is 3. The number of halogens is 4. The van der Waals surface area contributed by atoms with Crippen LogP contribution in [-0.2, 0) is 25.0 Å². The van der Waals surface area contributed by atoms with Gasteiger partial charge in [-0.2, -0.15) is 16.8 Å². The van der Waals surface area contributed by atoms with E-state index in [0.717, 1.165) is 23.0 Å². The van der Waals surface area contributed by atoms with Gasteiger partial charge < -0.3 is 27.5 Å². The van der Waals surface area contributed by atoms with Crippen LogP contribution in [0, 0.1) is 0 Å². The number of hydrogen-bond acceptors (Lipinski definition) is 10. The first-order chi connectivity index (χ1) is 21.7. The Morgan fingerprint density at radius 3 is 1.87 bits per heavy atom. The van der Waals surface area contributed by atoms with E-state index in [9.17, 15) is 21.6 Å². The lowest BCUT2D eigenvalue weighted by molar-refractivity contribution is -0.117. The maximum atomic E-state index is 13.0. The van der Waals surface area contributed by atoms with Crippen LogP contribution in [0.5, 0.6) is 28.7 Å². The second-order valence-corrected chi connectivity index (χ2v) is 16.0. The Morgan fingerprint density at radius 2 is 1.38 bits per heavy atom. The van der Waals surface area contributed by atoms with E-state index in [-0.39, 0.29) is 62.8 Å². The average molecular weight is 772 g/mol. The second kappa shape index (κ2) is 15.0. The third-order valence-corrected chi connectivity index (χ3v) is 8.04. The second-order valence-electron chi connectivity index (χ2n) is 10.2. The third kappa shape index (κ3) is 9.74. The Bertz CT molecular complexity index is 1900. The van der Waals surface area contributed by atoms with Crippen molar-refractivity contribution in [2.75, 3.05) is 45.3 Å². The van der Waals surface area contributed by atoms with Gasteiger partial charge in [0.15, 0.2) is 11.5 Å². The summed E-state index contributed by atoms with van der Waals surface area (Å²) >= 11 is 24.7. The molecule has 0 saturated heterocycles. The van der Waals surface area contributed by atoms with Crippen LogP contribution < -0.4 is 27.5 Å². The molecular formula is C30H31Cl4NO10S2. The summed E-state index contributed by atoms with van der Waals surface area (Å²) in [5, 5.41) is -0.0202. The van der Waals surface area contributed by atoms with Gasteiger partial charge in [0, 0.05) is 7.05 Å². The molecule has 47 heavy (non-hydrogen) atoms. The molecule has 3 aromatic carbocycles. The van der Waals surface area contributed by atoms with Crippen LogP contribution in [0.15, 0.2) is 54.1 Å². The van der Waals surface area contributed by atoms with Crippen molar-refractivity contribution >= 4 is 78.2 Å². The third-order valence-electron chi connectivity index (χ3n) is 6.23. The van der Waals surface area contributed by atoms with E-state index >= 15 is 0 Å². The van der Waals surface area contributed by atoms with Crippen molar-refractivity contribution < 1.29 is 44.2 Å². The molecule has 256 valence electrons. The normalized spacial score (nSPS) is 11.8. The molecule has 3 rings (SSSR count). The largest absolute Gasteiger partial charge is 0.494 e. The number of carbonyl (C=O) groups excluding carboxylic acids is 1. The van der Waals surface area contributed by atoms with E-state index in [1.807, 2.05) is 19.9 Å². The molecule has 0 aliphatic heterocycles. The Balaban J connectivity index is 2.41. The maximum absolute atomic E-state index is 13.0. The van der Waals surface area contributed by atoms with Crippen LogP contribution in [0.4, 0.5) is 5.69 Å². The zero-order valence-corrected chi connectivity index (χ0v) is 30.8. The molecule has 0 radical (unpaired) electrons. The standard InChI is InChI=1S/C30H31Cl4NO10S2/c1-17(2)14-15-43-22-13-10-19(16-21(22)35(3)29(36)30(32,33)34)24-26(41-4)25(31)23(27(42-5)28(24)45-47(7,39)40)18-8-11-20(12-9-18)44-46(6,37)38/h8-14,16H,15H2,1-7H3. The number of anilines is 1. The summed E-state index contributed by atoms with van der Waals surface area (Å²) in [6.07, 6.45) is 3.56. The van der Waals surface area contributed by atoms with E-state index in [1.54, 1.807) is 6.07 Å². The SMILES string of the molecule is COc1c(OS(C)(=O)=O)c(-c2ccc(OCC=C(C)C)c(N(C)C(=O)C(Cl)(Cl)Cl)c2)c(OC)c(Cl)c1-c1ccc(OS(C)(=O)=O)cc1. The van der Waals surface area contributed by atoms with Crippen LogP contribution in [0.25, 0.3) is 22.3 Å². The molecule has 0 atom stereocenters. The van der Waals surface area contributed by atoms with Gasteiger partial charge in [-0.15, -0.1) is 0 Å². The number of rotatable bonds is 12. The fraction of sp³-hybridized carbons (Fsp3) is 0.300. The van der Waals surface area contributed by atoms with Crippen LogP contribution in [0.1, 0.15) is 13.8 Å². The Labute approximate surface area is 294 Å². The topological polar surface area (TPSA) is 135 Å². The summed E-state index contributed by atoms with van der Waals surface area (Å²) < 4.78 is 73.8. The molecule has 11 nitrogen and oxygen atoms in total. The molecule has 0 spiro atoms. The van der Waals surface area contributed by atoms with Crippen molar-refractivity contribution in [3.8, 4) is 51.0 Å².